The molecule has 4 aromatic rings. The SMILES string of the molecule is C.CN.COc1cc(C(=O)N2CCC[C@@H](C)C2)cc2nc(-c3cc4sc(Br)cc4n3CC3CC3)n(C)c12. The Morgan fingerprint density at radius 1 is 1.22 bits per heavy atom. The maximum Gasteiger partial charge on any atom is 0.254 e. The Labute approximate surface area is 231 Å². The Morgan fingerprint density at radius 3 is 2.65 bits per heavy atom. The van der Waals surface area contributed by atoms with Crippen molar-refractivity contribution < 1.29 is 9.53 Å². The number of halogens is 1. The van der Waals surface area contributed by atoms with Gasteiger partial charge in [-0.25, -0.2) is 4.98 Å². The van der Waals surface area contributed by atoms with Crippen LogP contribution in [0.4, 0.5) is 0 Å². The van der Waals surface area contributed by atoms with Crippen molar-refractivity contribution in [1.29, 1.82) is 0 Å². The molecule has 2 N–H and O–H groups in total. The van der Waals surface area contributed by atoms with Crippen LogP contribution < -0.4 is 10.5 Å². The van der Waals surface area contributed by atoms with Gasteiger partial charge < -0.3 is 24.5 Å². The van der Waals surface area contributed by atoms with E-state index in [4.69, 9.17) is 9.72 Å². The van der Waals surface area contributed by atoms with Gasteiger partial charge in [-0.1, -0.05) is 14.4 Å². The van der Waals surface area contributed by atoms with Crippen molar-refractivity contribution in [2.24, 2.45) is 24.6 Å². The van der Waals surface area contributed by atoms with Crippen LogP contribution in [-0.4, -0.2) is 52.2 Å². The van der Waals surface area contributed by atoms with E-state index in [9.17, 15) is 4.79 Å². The normalized spacial score (nSPS) is 17.5. The van der Waals surface area contributed by atoms with Gasteiger partial charge in [-0.3, -0.25) is 4.79 Å². The summed E-state index contributed by atoms with van der Waals surface area (Å²) in [6.45, 7) is 4.86. The second-order valence-electron chi connectivity index (χ2n) is 9.92. The van der Waals surface area contributed by atoms with E-state index in [1.165, 1.54) is 36.5 Å². The summed E-state index contributed by atoms with van der Waals surface area (Å²) in [6, 6.07) is 8.29. The number of methoxy groups -OCH3 is 1. The van der Waals surface area contributed by atoms with E-state index in [0.717, 1.165) is 58.3 Å². The number of imidazole rings is 1. The van der Waals surface area contributed by atoms with Gasteiger partial charge in [0.25, 0.3) is 5.91 Å². The summed E-state index contributed by atoms with van der Waals surface area (Å²) in [4.78, 5) is 20.4. The van der Waals surface area contributed by atoms with E-state index in [2.05, 4.69) is 49.9 Å². The van der Waals surface area contributed by atoms with E-state index < -0.39 is 0 Å². The van der Waals surface area contributed by atoms with E-state index >= 15 is 0 Å². The van der Waals surface area contributed by atoms with Crippen molar-refractivity contribution in [3.8, 4) is 17.3 Å². The molecule has 9 heteroatoms. The third kappa shape index (κ3) is 5.18. The first-order chi connectivity index (χ1) is 17.4. The van der Waals surface area contributed by atoms with Gasteiger partial charge in [0, 0.05) is 32.2 Å². The van der Waals surface area contributed by atoms with Gasteiger partial charge in [0.15, 0.2) is 5.82 Å². The van der Waals surface area contributed by atoms with Gasteiger partial charge >= 0.3 is 0 Å². The number of carbonyl (C=O) groups is 1. The van der Waals surface area contributed by atoms with Crippen LogP contribution in [0.2, 0.25) is 0 Å². The lowest BCUT2D eigenvalue weighted by molar-refractivity contribution is 0.0683. The average molecular weight is 589 g/mol. The third-order valence-electron chi connectivity index (χ3n) is 7.27. The van der Waals surface area contributed by atoms with E-state index in [0.29, 0.717) is 17.2 Å². The fourth-order valence-corrected chi connectivity index (χ4v) is 6.89. The van der Waals surface area contributed by atoms with E-state index in [-0.39, 0.29) is 13.3 Å². The van der Waals surface area contributed by atoms with Crippen LogP contribution in [0, 0.1) is 11.8 Å². The van der Waals surface area contributed by atoms with Crippen LogP contribution in [0.15, 0.2) is 28.1 Å². The molecule has 7 nitrogen and oxygen atoms in total. The fraction of sp³-hybridized carbons (Fsp3) is 0.500. The Balaban J connectivity index is 0.00000104. The van der Waals surface area contributed by atoms with Crippen molar-refractivity contribution >= 4 is 54.4 Å². The highest BCUT2D eigenvalue weighted by Gasteiger charge is 2.28. The number of nitrogens with two attached hydrogens (primary N) is 1. The van der Waals surface area contributed by atoms with Crippen LogP contribution in [0.25, 0.3) is 32.8 Å². The predicted octanol–water partition coefficient (Wildman–Crippen LogP) is 6.52. The lowest BCUT2D eigenvalue weighted by Gasteiger charge is -2.31. The molecule has 1 aromatic carbocycles. The van der Waals surface area contributed by atoms with Gasteiger partial charge in [0.1, 0.15) is 11.3 Å². The number of amides is 1. The maximum atomic E-state index is 13.3. The summed E-state index contributed by atoms with van der Waals surface area (Å²) in [7, 11) is 5.21. The summed E-state index contributed by atoms with van der Waals surface area (Å²) < 4.78 is 12.7. The van der Waals surface area contributed by atoms with Gasteiger partial charge in [0.05, 0.1) is 32.3 Å². The molecular formula is C28H38BrN5O2S. The highest BCUT2D eigenvalue weighted by molar-refractivity contribution is 9.11. The first kappa shape index (κ1) is 27.7. The van der Waals surface area contributed by atoms with Crippen molar-refractivity contribution in [2.45, 2.75) is 46.6 Å². The van der Waals surface area contributed by atoms with Crippen LogP contribution in [-0.2, 0) is 13.6 Å². The van der Waals surface area contributed by atoms with Gasteiger partial charge in [-0.15, -0.1) is 11.3 Å². The Hall–Kier alpha value is -2.36. The molecule has 37 heavy (non-hydrogen) atoms. The minimum absolute atomic E-state index is 0. The second-order valence-corrected chi connectivity index (χ2v) is 12.4. The molecule has 0 bridgehead atoms. The molecule has 2 aliphatic rings. The number of hydrogen-bond acceptors (Lipinski definition) is 5. The number of hydrogen-bond donors (Lipinski definition) is 1. The van der Waals surface area contributed by atoms with Crippen LogP contribution in [0.5, 0.6) is 5.75 Å². The summed E-state index contributed by atoms with van der Waals surface area (Å²) in [5.41, 5.74) is 9.26. The summed E-state index contributed by atoms with van der Waals surface area (Å²) in [6.07, 6.45) is 4.83. The molecular weight excluding hydrogens is 550 g/mol. The van der Waals surface area contributed by atoms with E-state index in [1.54, 1.807) is 18.4 Å². The third-order valence-corrected chi connectivity index (χ3v) is 8.85. The summed E-state index contributed by atoms with van der Waals surface area (Å²) >= 11 is 5.41. The monoisotopic (exact) mass is 587 g/mol. The van der Waals surface area contributed by atoms with Crippen molar-refractivity contribution in [3.63, 3.8) is 0 Å². The molecule has 1 saturated carbocycles. The van der Waals surface area contributed by atoms with Crippen molar-refractivity contribution in [3.05, 3.63) is 33.6 Å². The van der Waals surface area contributed by atoms with Crippen LogP contribution >= 0.6 is 27.3 Å². The molecule has 200 valence electrons. The largest absolute Gasteiger partial charge is 0.494 e. The molecule has 1 saturated heterocycles. The number of benzene rings is 1. The first-order valence-electron chi connectivity index (χ1n) is 12.6. The molecule has 1 amide bonds. The topological polar surface area (TPSA) is 78.3 Å². The zero-order valence-electron chi connectivity index (χ0n) is 21.4. The molecule has 6 rings (SSSR count). The molecule has 4 heterocycles. The summed E-state index contributed by atoms with van der Waals surface area (Å²) in [5.74, 6) is 2.95. The molecule has 0 radical (unpaired) electrons. The Bertz CT molecular complexity index is 1420. The van der Waals surface area contributed by atoms with Gasteiger partial charge in [-0.05, 0) is 84.8 Å². The van der Waals surface area contributed by atoms with Crippen molar-refractivity contribution in [1.82, 2.24) is 19.0 Å². The molecule has 1 aliphatic carbocycles. The number of likely N-dealkylation sites (tertiary alicyclic amines) is 1. The first-order valence-corrected chi connectivity index (χ1v) is 14.2. The maximum absolute atomic E-state index is 13.3. The fourth-order valence-electron chi connectivity index (χ4n) is 5.33. The quantitative estimate of drug-likeness (QED) is 0.288. The van der Waals surface area contributed by atoms with Gasteiger partial charge in [0.2, 0.25) is 0 Å². The highest BCUT2D eigenvalue weighted by Crippen LogP contribution is 2.41. The smallest absolute Gasteiger partial charge is 0.254 e. The highest BCUT2D eigenvalue weighted by atomic mass is 79.9. The molecule has 3 aromatic heterocycles. The average Bonchev–Trinajstić information content (AvgIpc) is 3.44. The summed E-state index contributed by atoms with van der Waals surface area (Å²) in [5, 5.41) is 0. The number of nitrogens with zero attached hydrogens (tertiary/aromatic N) is 4. The predicted molar refractivity (Wildman–Crippen MR) is 158 cm³/mol. The number of aryl methyl sites for hydroxylation is 1. The number of fused-ring (bicyclic) bond motifs is 2. The number of rotatable bonds is 5. The number of piperidine rings is 1. The molecule has 0 unspecified atom stereocenters. The standard InChI is InChI=1S/C26H29BrN4O2S.CH5N.CH4/c1-15-5-4-8-30(13-15)26(32)17-9-18-24(21(10-17)33-3)29(2)25(28-18)20-11-22-19(12-23(27)34-22)31(20)14-16-6-7-16;1-2;/h9-12,15-16H,4-8,13-14H2,1-3H3;2H2,1H3;1H4/t15-;;/m1../s1. The van der Waals surface area contributed by atoms with Crippen LogP contribution in [0.1, 0.15) is 50.4 Å². The zero-order valence-corrected chi connectivity index (χ0v) is 23.8. The molecule has 1 atom stereocenters. The Morgan fingerprint density at radius 2 is 1.97 bits per heavy atom. The van der Waals surface area contributed by atoms with E-state index in [1.807, 2.05) is 24.1 Å². The Kier molecular flexibility index (Phi) is 8.35. The minimum atomic E-state index is 0. The number of aromatic nitrogens is 3. The lowest BCUT2D eigenvalue weighted by Crippen LogP contribution is -2.39. The zero-order chi connectivity index (χ0) is 25.6. The van der Waals surface area contributed by atoms with Crippen LogP contribution in [0.3, 0.4) is 0 Å². The minimum Gasteiger partial charge on any atom is -0.494 e. The number of thiophene rings is 1. The molecule has 1 aliphatic heterocycles. The van der Waals surface area contributed by atoms with Gasteiger partial charge in [-0.2, -0.15) is 0 Å². The molecule has 2 fully saturated rings. The number of carbonyl (C=O) groups excluding carboxylic acids is 1. The lowest BCUT2D eigenvalue weighted by atomic mass is 9.99. The number of ether oxygens (including phenoxy) is 1. The molecule has 0 spiro atoms. The van der Waals surface area contributed by atoms with Crippen molar-refractivity contribution in [2.75, 3.05) is 27.2 Å². The second kappa shape index (κ2) is 11.2.